The van der Waals surface area contributed by atoms with Crippen LogP contribution in [-0.4, -0.2) is 4.57 Å². The van der Waals surface area contributed by atoms with Gasteiger partial charge in [-0.3, -0.25) is 4.79 Å². The average Bonchev–Trinajstić information content (AvgIpc) is 2.58. The van der Waals surface area contributed by atoms with Crippen LogP contribution in [0.25, 0.3) is 10.9 Å². The lowest BCUT2D eigenvalue weighted by Crippen LogP contribution is -2.16. The largest absolute Gasteiger partial charge is 0.339 e. The second-order valence-electron chi connectivity index (χ2n) is 5.24. The summed E-state index contributed by atoms with van der Waals surface area (Å²) in [5, 5.41) is 8.40. The van der Waals surface area contributed by atoms with E-state index in [0.717, 1.165) is 16.8 Å². The quantitative estimate of drug-likeness (QED) is 0.505. The summed E-state index contributed by atoms with van der Waals surface area (Å²) in [6, 6.07) is 5.89. The van der Waals surface area contributed by atoms with Crippen molar-refractivity contribution in [3.63, 3.8) is 0 Å². The van der Waals surface area contributed by atoms with Crippen molar-refractivity contribution in [1.82, 2.24) is 4.57 Å². The Morgan fingerprint density at radius 3 is 2.44 bits per heavy atom. The van der Waals surface area contributed by atoms with Crippen LogP contribution in [0.3, 0.4) is 0 Å². The van der Waals surface area contributed by atoms with E-state index in [-0.39, 0.29) is 17.1 Å². The van der Waals surface area contributed by atoms with Gasteiger partial charge in [-0.15, -0.1) is 0 Å². The summed E-state index contributed by atoms with van der Waals surface area (Å²) in [4.78, 5) is 12.1. The molecule has 0 saturated heterocycles. The molecule has 0 amide bonds. The van der Waals surface area contributed by atoms with Crippen molar-refractivity contribution in [2.24, 2.45) is 0 Å². The molecule has 126 valence electrons. The van der Waals surface area contributed by atoms with Crippen molar-refractivity contribution in [3.05, 3.63) is 80.1 Å². The number of benzene rings is 2. The molecule has 1 aromatic heterocycles. The van der Waals surface area contributed by atoms with Crippen molar-refractivity contribution in [2.45, 2.75) is 6.54 Å². The molecule has 0 N–H and O–H groups in total. The first-order chi connectivity index (χ1) is 11.8. The van der Waals surface area contributed by atoms with Crippen LogP contribution in [0.15, 0.2) is 35.3 Å². The average molecular weight is 367 g/mol. The fourth-order valence-corrected chi connectivity index (χ4v) is 2.71. The molecule has 0 aliphatic rings. The van der Waals surface area contributed by atoms with Crippen LogP contribution in [0.5, 0.6) is 0 Å². The lowest BCUT2D eigenvalue weighted by molar-refractivity contribution is 0.450. The first kappa shape index (κ1) is 17.0. The van der Waals surface area contributed by atoms with E-state index in [1.165, 1.54) is 12.1 Å². The molecule has 2 aromatic carbocycles. The van der Waals surface area contributed by atoms with Gasteiger partial charge in [-0.05, 0) is 23.8 Å². The van der Waals surface area contributed by atoms with Crippen molar-refractivity contribution in [2.75, 3.05) is 0 Å². The van der Waals surface area contributed by atoms with E-state index in [2.05, 4.69) is 0 Å². The van der Waals surface area contributed by atoms with Gasteiger partial charge in [-0.1, -0.05) is 17.7 Å². The molecule has 0 unspecified atom stereocenters. The van der Waals surface area contributed by atoms with Gasteiger partial charge in [-0.25, -0.2) is 17.6 Å². The predicted molar refractivity (Wildman–Crippen MR) is 83.3 cm³/mol. The van der Waals surface area contributed by atoms with E-state index in [9.17, 15) is 22.4 Å². The van der Waals surface area contributed by atoms with Gasteiger partial charge in [0.2, 0.25) is 5.43 Å². The number of pyridine rings is 1. The highest BCUT2D eigenvalue weighted by atomic mass is 35.5. The summed E-state index contributed by atoms with van der Waals surface area (Å²) in [6.07, 6.45) is 1.03. The van der Waals surface area contributed by atoms with Gasteiger partial charge in [0.15, 0.2) is 17.5 Å². The van der Waals surface area contributed by atoms with Crippen molar-refractivity contribution in [3.8, 4) is 6.07 Å². The number of aromatic nitrogens is 1. The highest BCUT2D eigenvalue weighted by molar-refractivity contribution is 6.30. The van der Waals surface area contributed by atoms with E-state index in [0.29, 0.717) is 11.6 Å². The number of rotatable bonds is 2. The second-order valence-corrected chi connectivity index (χ2v) is 5.65. The van der Waals surface area contributed by atoms with Crippen LogP contribution in [-0.2, 0) is 6.54 Å². The molecule has 0 aliphatic carbocycles. The predicted octanol–water partition coefficient (Wildman–Crippen LogP) is 4.13. The number of hydrogen-bond donors (Lipinski definition) is 0. The molecule has 0 bridgehead atoms. The van der Waals surface area contributed by atoms with Gasteiger partial charge in [0.1, 0.15) is 17.4 Å². The van der Waals surface area contributed by atoms with E-state index >= 15 is 0 Å². The highest BCUT2D eigenvalue weighted by Crippen LogP contribution is 2.23. The standard InChI is InChI=1S/C17H7ClF4N2O/c18-11-3-8(1-2-12(11)19)6-24-7-9(5-23)17(25)10-4-13(20)14(21)15(22)16(10)24/h1-4,7H,6H2. The van der Waals surface area contributed by atoms with Gasteiger partial charge < -0.3 is 4.57 Å². The summed E-state index contributed by atoms with van der Waals surface area (Å²) < 4.78 is 55.7. The summed E-state index contributed by atoms with van der Waals surface area (Å²) in [5.41, 5.74) is -1.37. The van der Waals surface area contributed by atoms with E-state index in [1.54, 1.807) is 6.07 Å². The molecular formula is C17H7ClF4N2O. The molecule has 8 heteroatoms. The number of nitrogens with zero attached hydrogens (tertiary/aromatic N) is 2. The normalized spacial score (nSPS) is 10.9. The topological polar surface area (TPSA) is 45.8 Å². The summed E-state index contributed by atoms with van der Waals surface area (Å²) in [6.45, 7) is -0.145. The third kappa shape index (κ3) is 2.85. The van der Waals surface area contributed by atoms with Gasteiger partial charge in [0.05, 0.1) is 15.9 Å². The second kappa shape index (κ2) is 6.22. The molecule has 3 rings (SSSR count). The minimum atomic E-state index is -1.73. The van der Waals surface area contributed by atoms with Gasteiger partial charge >= 0.3 is 0 Å². The third-order valence-electron chi connectivity index (χ3n) is 3.66. The van der Waals surface area contributed by atoms with Crippen molar-refractivity contribution >= 4 is 22.5 Å². The van der Waals surface area contributed by atoms with Gasteiger partial charge in [0, 0.05) is 12.7 Å². The van der Waals surface area contributed by atoms with Crippen molar-refractivity contribution in [1.29, 1.82) is 5.26 Å². The van der Waals surface area contributed by atoms with E-state index < -0.39 is 39.6 Å². The number of hydrogen-bond acceptors (Lipinski definition) is 2. The zero-order valence-electron chi connectivity index (χ0n) is 12.3. The molecule has 0 aliphatic heterocycles. The number of fused-ring (bicyclic) bond motifs is 1. The molecule has 25 heavy (non-hydrogen) atoms. The molecule has 0 spiro atoms. The lowest BCUT2D eigenvalue weighted by Gasteiger charge is -2.13. The number of halogens is 5. The minimum absolute atomic E-state index is 0.145. The van der Waals surface area contributed by atoms with Crippen molar-refractivity contribution < 1.29 is 17.6 Å². The van der Waals surface area contributed by atoms with Crippen LogP contribution in [0, 0.1) is 34.6 Å². The molecule has 0 radical (unpaired) electrons. The maximum atomic E-state index is 14.2. The molecule has 0 atom stereocenters. The van der Waals surface area contributed by atoms with Crippen LogP contribution in [0.1, 0.15) is 11.1 Å². The van der Waals surface area contributed by atoms with Crippen LogP contribution in [0.4, 0.5) is 17.6 Å². The van der Waals surface area contributed by atoms with Crippen LogP contribution >= 0.6 is 11.6 Å². The Bertz CT molecular complexity index is 1120. The van der Waals surface area contributed by atoms with Gasteiger partial charge in [0.25, 0.3) is 0 Å². The maximum Gasteiger partial charge on any atom is 0.207 e. The SMILES string of the molecule is N#Cc1cn(Cc2ccc(F)c(Cl)c2)c2c(F)c(F)c(F)cc2c1=O. The van der Waals surface area contributed by atoms with Crippen LogP contribution < -0.4 is 5.43 Å². The Morgan fingerprint density at radius 2 is 1.80 bits per heavy atom. The summed E-state index contributed by atoms with van der Waals surface area (Å²) >= 11 is 5.69. The zero-order valence-corrected chi connectivity index (χ0v) is 13.0. The zero-order chi connectivity index (χ0) is 18.3. The summed E-state index contributed by atoms with van der Waals surface area (Å²) in [7, 11) is 0. The van der Waals surface area contributed by atoms with Gasteiger partial charge in [-0.2, -0.15) is 5.26 Å². The first-order valence-electron chi connectivity index (χ1n) is 6.88. The Kier molecular flexibility index (Phi) is 4.23. The van der Waals surface area contributed by atoms with E-state index in [1.807, 2.05) is 0 Å². The van der Waals surface area contributed by atoms with Crippen LogP contribution in [0.2, 0.25) is 5.02 Å². The van der Waals surface area contributed by atoms with E-state index in [4.69, 9.17) is 16.9 Å². The lowest BCUT2D eigenvalue weighted by atomic mass is 10.1. The summed E-state index contributed by atoms with van der Waals surface area (Å²) in [5.74, 6) is -5.48. The first-order valence-corrected chi connectivity index (χ1v) is 7.26. The Morgan fingerprint density at radius 1 is 1.08 bits per heavy atom. The monoisotopic (exact) mass is 366 g/mol. The Labute approximate surface area is 143 Å². The molecule has 3 nitrogen and oxygen atoms in total. The minimum Gasteiger partial charge on any atom is -0.339 e. The Hall–Kier alpha value is -2.85. The maximum absolute atomic E-state index is 14.2. The fourth-order valence-electron chi connectivity index (χ4n) is 2.50. The highest BCUT2D eigenvalue weighted by Gasteiger charge is 2.20. The molecule has 0 fully saturated rings. The molecule has 3 aromatic rings. The number of nitriles is 1. The Balaban J connectivity index is 2.32. The molecular weight excluding hydrogens is 360 g/mol. The third-order valence-corrected chi connectivity index (χ3v) is 3.94. The molecule has 0 saturated carbocycles. The fraction of sp³-hybridized carbons (Fsp3) is 0.0588. The smallest absolute Gasteiger partial charge is 0.207 e. The molecule has 1 heterocycles.